The van der Waals surface area contributed by atoms with E-state index in [-0.39, 0.29) is 6.10 Å². The van der Waals surface area contributed by atoms with Crippen LogP contribution >= 0.6 is 0 Å². The van der Waals surface area contributed by atoms with Crippen LogP contribution in [0.15, 0.2) is 24.3 Å². The predicted octanol–water partition coefficient (Wildman–Crippen LogP) is 2.32. The van der Waals surface area contributed by atoms with Crippen molar-refractivity contribution in [3.63, 3.8) is 0 Å². The maximum absolute atomic E-state index is 10.2. The summed E-state index contributed by atoms with van der Waals surface area (Å²) in [6.07, 6.45) is 2.81. The summed E-state index contributed by atoms with van der Waals surface area (Å²) in [5, 5.41) is 10.2. The second-order valence-corrected chi connectivity index (χ2v) is 4.22. The number of aryl methyl sites for hydroxylation is 1. The highest BCUT2D eigenvalue weighted by molar-refractivity contribution is 5.31. The molecule has 0 aliphatic heterocycles. The molecule has 82 valence electrons. The summed E-state index contributed by atoms with van der Waals surface area (Å²) in [6.45, 7) is 0.740. The normalized spacial score (nSPS) is 24.9. The Labute approximate surface area is 90.9 Å². The monoisotopic (exact) mass is 206 g/mol. The van der Waals surface area contributed by atoms with Crippen molar-refractivity contribution in [2.75, 3.05) is 13.7 Å². The van der Waals surface area contributed by atoms with Gasteiger partial charge in [-0.3, -0.25) is 0 Å². The fraction of sp³-hybridized carbons (Fsp3) is 0.538. The Morgan fingerprint density at radius 3 is 3.00 bits per heavy atom. The molecule has 1 aliphatic carbocycles. The maximum Gasteiger partial charge on any atom is 0.0821 e. The van der Waals surface area contributed by atoms with Gasteiger partial charge >= 0.3 is 0 Å². The van der Waals surface area contributed by atoms with Gasteiger partial charge in [0, 0.05) is 13.7 Å². The number of rotatable bonds is 3. The van der Waals surface area contributed by atoms with Crippen LogP contribution in [-0.4, -0.2) is 18.8 Å². The molecule has 2 unspecified atom stereocenters. The minimum absolute atomic E-state index is 0.301. The number of hydrogen-bond donors (Lipinski definition) is 1. The van der Waals surface area contributed by atoms with Gasteiger partial charge in [-0.05, 0) is 36.3 Å². The summed E-state index contributed by atoms with van der Waals surface area (Å²) in [6, 6.07) is 8.20. The standard InChI is InChI=1S/C13H18O2/c1-15-9-8-11-7-6-10-4-2-3-5-12(10)13(11)14/h2-5,11,13-14H,6-9H2,1H3. The van der Waals surface area contributed by atoms with Gasteiger partial charge in [0.25, 0.3) is 0 Å². The molecule has 0 amide bonds. The fourth-order valence-electron chi connectivity index (χ4n) is 2.37. The van der Waals surface area contributed by atoms with Crippen LogP contribution in [0.25, 0.3) is 0 Å². The van der Waals surface area contributed by atoms with Gasteiger partial charge < -0.3 is 9.84 Å². The van der Waals surface area contributed by atoms with E-state index in [0.717, 1.165) is 31.4 Å². The van der Waals surface area contributed by atoms with E-state index in [4.69, 9.17) is 4.74 Å². The zero-order valence-corrected chi connectivity index (χ0v) is 9.15. The van der Waals surface area contributed by atoms with Crippen LogP contribution in [0.3, 0.4) is 0 Å². The van der Waals surface area contributed by atoms with E-state index < -0.39 is 0 Å². The molecule has 2 atom stereocenters. The third-order valence-corrected chi connectivity index (χ3v) is 3.30. The molecule has 0 saturated heterocycles. The molecule has 0 aromatic heterocycles. The molecule has 2 rings (SSSR count). The Morgan fingerprint density at radius 2 is 2.20 bits per heavy atom. The molecule has 0 heterocycles. The number of benzene rings is 1. The Hall–Kier alpha value is -0.860. The molecule has 15 heavy (non-hydrogen) atoms. The lowest BCUT2D eigenvalue weighted by atomic mass is 9.80. The number of ether oxygens (including phenoxy) is 1. The summed E-state index contributed by atoms with van der Waals surface area (Å²) < 4.78 is 5.07. The third kappa shape index (κ3) is 2.21. The minimum atomic E-state index is -0.301. The van der Waals surface area contributed by atoms with E-state index in [9.17, 15) is 5.11 Å². The average molecular weight is 206 g/mol. The lowest BCUT2D eigenvalue weighted by Crippen LogP contribution is -2.21. The van der Waals surface area contributed by atoms with E-state index in [0.29, 0.717) is 5.92 Å². The molecule has 2 heteroatoms. The van der Waals surface area contributed by atoms with Crippen LogP contribution in [-0.2, 0) is 11.2 Å². The molecule has 1 aromatic rings. The van der Waals surface area contributed by atoms with Crippen LogP contribution in [0, 0.1) is 5.92 Å². The van der Waals surface area contributed by atoms with E-state index in [1.54, 1.807) is 7.11 Å². The topological polar surface area (TPSA) is 29.5 Å². The van der Waals surface area contributed by atoms with E-state index in [1.807, 2.05) is 18.2 Å². The van der Waals surface area contributed by atoms with Gasteiger partial charge in [-0.15, -0.1) is 0 Å². The molecule has 0 spiro atoms. The van der Waals surface area contributed by atoms with E-state index in [2.05, 4.69) is 6.07 Å². The maximum atomic E-state index is 10.2. The van der Waals surface area contributed by atoms with Gasteiger partial charge in [0.1, 0.15) is 0 Å². The van der Waals surface area contributed by atoms with Gasteiger partial charge in [0.05, 0.1) is 6.10 Å². The molecule has 0 fully saturated rings. The van der Waals surface area contributed by atoms with E-state index in [1.165, 1.54) is 5.56 Å². The Bertz CT molecular complexity index is 322. The molecule has 1 N–H and O–H groups in total. The van der Waals surface area contributed by atoms with Crippen LogP contribution < -0.4 is 0 Å². The Morgan fingerprint density at radius 1 is 1.40 bits per heavy atom. The van der Waals surface area contributed by atoms with Crippen molar-refractivity contribution in [1.82, 2.24) is 0 Å². The lowest BCUT2D eigenvalue weighted by molar-refractivity contribution is 0.0676. The first-order valence-electron chi connectivity index (χ1n) is 5.57. The number of hydrogen-bond acceptors (Lipinski definition) is 2. The highest BCUT2D eigenvalue weighted by Crippen LogP contribution is 2.35. The van der Waals surface area contributed by atoms with Gasteiger partial charge in [0.2, 0.25) is 0 Å². The first kappa shape index (κ1) is 10.7. The van der Waals surface area contributed by atoms with Crippen LogP contribution in [0.5, 0.6) is 0 Å². The van der Waals surface area contributed by atoms with Gasteiger partial charge in [-0.2, -0.15) is 0 Å². The van der Waals surface area contributed by atoms with Crippen molar-refractivity contribution in [2.45, 2.75) is 25.4 Å². The van der Waals surface area contributed by atoms with Crippen LogP contribution in [0.4, 0.5) is 0 Å². The van der Waals surface area contributed by atoms with Crippen molar-refractivity contribution >= 4 is 0 Å². The number of methoxy groups -OCH3 is 1. The molecule has 0 radical (unpaired) electrons. The minimum Gasteiger partial charge on any atom is -0.388 e. The first-order chi connectivity index (χ1) is 7.33. The van der Waals surface area contributed by atoms with Crippen molar-refractivity contribution in [3.05, 3.63) is 35.4 Å². The van der Waals surface area contributed by atoms with Gasteiger partial charge in [0.15, 0.2) is 0 Å². The summed E-state index contributed by atoms with van der Waals surface area (Å²) in [5.41, 5.74) is 2.42. The lowest BCUT2D eigenvalue weighted by Gasteiger charge is -2.29. The van der Waals surface area contributed by atoms with Crippen molar-refractivity contribution < 1.29 is 9.84 Å². The SMILES string of the molecule is COCCC1CCc2ccccc2C1O. The zero-order chi connectivity index (χ0) is 10.7. The van der Waals surface area contributed by atoms with Crippen molar-refractivity contribution in [2.24, 2.45) is 5.92 Å². The first-order valence-corrected chi connectivity index (χ1v) is 5.57. The van der Waals surface area contributed by atoms with Crippen molar-refractivity contribution in [1.29, 1.82) is 0 Å². The molecule has 1 aliphatic rings. The van der Waals surface area contributed by atoms with Gasteiger partial charge in [-0.1, -0.05) is 24.3 Å². The quantitative estimate of drug-likeness (QED) is 0.822. The predicted molar refractivity (Wildman–Crippen MR) is 59.7 cm³/mol. The summed E-state index contributed by atoms with van der Waals surface area (Å²) >= 11 is 0. The number of aliphatic hydroxyl groups excluding tert-OH is 1. The third-order valence-electron chi connectivity index (χ3n) is 3.30. The molecular weight excluding hydrogens is 188 g/mol. The highest BCUT2D eigenvalue weighted by atomic mass is 16.5. The van der Waals surface area contributed by atoms with Crippen LogP contribution in [0.1, 0.15) is 30.1 Å². The summed E-state index contributed by atoms with van der Waals surface area (Å²) in [4.78, 5) is 0. The zero-order valence-electron chi connectivity index (χ0n) is 9.15. The highest BCUT2D eigenvalue weighted by Gasteiger charge is 2.26. The molecule has 2 nitrogen and oxygen atoms in total. The largest absolute Gasteiger partial charge is 0.388 e. The second kappa shape index (κ2) is 4.77. The average Bonchev–Trinajstić information content (AvgIpc) is 2.29. The Balaban J connectivity index is 2.11. The molecule has 0 saturated carbocycles. The number of fused-ring (bicyclic) bond motifs is 1. The molecule has 0 bridgehead atoms. The smallest absolute Gasteiger partial charge is 0.0821 e. The fourth-order valence-corrected chi connectivity index (χ4v) is 2.37. The van der Waals surface area contributed by atoms with Crippen molar-refractivity contribution in [3.8, 4) is 0 Å². The van der Waals surface area contributed by atoms with Crippen LogP contribution in [0.2, 0.25) is 0 Å². The van der Waals surface area contributed by atoms with Gasteiger partial charge in [-0.25, -0.2) is 0 Å². The number of aliphatic hydroxyl groups is 1. The summed E-state index contributed by atoms with van der Waals surface area (Å²) in [7, 11) is 1.71. The van der Waals surface area contributed by atoms with E-state index >= 15 is 0 Å². The summed E-state index contributed by atoms with van der Waals surface area (Å²) in [5.74, 6) is 0.361. The molecular formula is C13H18O2. The Kier molecular flexibility index (Phi) is 3.39. The second-order valence-electron chi connectivity index (χ2n) is 4.22. The molecule has 1 aromatic carbocycles.